The Morgan fingerprint density at radius 3 is 2.18 bits per heavy atom. The van der Waals surface area contributed by atoms with Crippen molar-refractivity contribution in [2.24, 2.45) is 11.8 Å². The van der Waals surface area contributed by atoms with E-state index in [-0.39, 0.29) is 23.7 Å². The molecule has 0 aliphatic carbocycles. The van der Waals surface area contributed by atoms with Crippen molar-refractivity contribution in [3.63, 3.8) is 0 Å². The third-order valence-electron chi connectivity index (χ3n) is 5.31. The first-order valence-electron chi connectivity index (χ1n) is 11.1. The van der Waals surface area contributed by atoms with E-state index in [4.69, 9.17) is 18.9 Å². The van der Waals surface area contributed by atoms with E-state index in [9.17, 15) is 22.0 Å². The molecule has 5 nitrogen and oxygen atoms in total. The fraction of sp³-hybridized carbons (Fsp3) is 0.652. The van der Waals surface area contributed by atoms with E-state index < -0.39 is 36.5 Å². The molecule has 1 aromatic carbocycles. The van der Waals surface area contributed by atoms with Gasteiger partial charge in [0.05, 0.1) is 26.4 Å². The first-order chi connectivity index (χ1) is 15.7. The van der Waals surface area contributed by atoms with Crippen LogP contribution in [-0.2, 0) is 18.9 Å². The summed E-state index contributed by atoms with van der Waals surface area (Å²) >= 11 is 0. The summed E-state index contributed by atoms with van der Waals surface area (Å²) in [6.07, 6.45) is 1.80. The number of allylic oxidation sites excluding steroid dienone is 1. The largest absolute Gasteiger partial charge is 0.478 e. The lowest BCUT2D eigenvalue weighted by molar-refractivity contribution is -0.217. The Kier molecular flexibility index (Phi) is 9.48. The minimum absolute atomic E-state index is 0.0314. The van der Waals surface area contributed by atoms with Crippen LogP contribution < -0.4 is 4.74 Å². The van der Waals surface area contributed by atoms with Crippen LogP contribution >= 0.6 is 0 Å². The average Bonchev–Trinajstić information content (AvgIpc) is 2.78. The quantitative estimate of drug-likeness (QED) is 0.336. The standard InChI is InChI=1S/C23H29F5O5/c1-2-3-4-5-15-10-29-20(30-11-15)7-6-16-12-31-22(32-13-16)17-8-18(24)21(19(25)9-17)33-14-23(26,27)28/h4-5,8-9,15-16,20,22H,2-3,6-7,10-14H2,1H3/b5-4+. The number of halogens is 5. The fourth-order valence-corrected chi connectivity index (χ4v) is 3.57. The van der Waals surface area contributed by atoms with Gasteiger partial charge in [-0.2, -0.15) is 13.2 Å². The van der Waals surface area contributed by atoms with Gasteiger partial charge in [-0.05, 0) is 31.4 Å². The van der Waals surface area contributed by atoms with Crippen molar-refractivity contribution in [1.29, 1.82) is 0 Å². The van der Waals surface area contributed by atoms with E-state index in [1.54, 1.807) is 0 Å². The van der Waals surface area contributed by atoms with Crippen LogP contribution in [0.5, 0.6) is 5.75 Å². The summed E-state index contributed by atoms with van der Waals surface area (Å²) < 4.78 is 91.8. The van der Waals surface area contributed by atoms with Gasteiger partial charge < -0.3 is 23.7 Å². The van der Waals surface area contributed by atoms with Crippen LogP contribution in [0.4, 0.5) is 22.0 Å². The maximum Gasteiger partial charge on any atom is 0.422 e. The van der Waals surface area contributed by atoms with Crippen LogP contribution in [0, 0.1) is 23.5 Å². The third-order valence-corrected chi connectivity index (χ3v) is 5.31. The molecule has 186 valence electrons. The van der Waals surface area contributed by atoms with E-state index in [0.717, 1.165) is 31.4 Å². The van der Waals surface area contributed by atoms with Crippen molar-refractivity contribution in [3.8, 4) is 5.75 Å². The number of rotatable bonds is 9. The molecule has 0 unspecified atom stereocenters. The van der Waals surface area contributed by atoms with Crippen molar-refractivity contribution >= 4 is 0 Å². The zero-order chi connectivity index (χ0) is 23.8. The SMILES string of the molecule is CCC/C=C/C1COC(CCC2COC(c3cc(F)c(OCC(F)(F)F)c(F)c3)OC2)OC1. The van der Waals surface area contributed by atoms with E-state index in [2.05, 4.69) is 23.8 Å². The van der Waals surface area contributed by atoms with E-state index in [0.29, 0.717) is 32.8 Å². The summed E-state index contributed by atoms with van der Waals surface area (Å²) in [5, 5.41) is 0. The number of hydrogen-bond acceptors (Lipinski definition) is 5. The number of ether oxygens (including phenoxy) is 5. The molecule has 0 amide bonds. The van der Waals surface area contributed by atoms with Crippen LogP contribution in [0.3, 0.4) is 0 Å². The van der Waals surface area contributed by atoms with Gasteiger partial charge in [-0.1, -0.05) is 25.5 Å². The Morgan fingerprint density at radius 2 is 1.61 bits per heavy atom. The van der Waals surface area contributed by atoms with Crippen molar-refractivity contribution in [3.05, 3.63) is 41.5 Å². The van der Waals surface area contributed by atoms with Gasteiger partial charge in [0, 0.05) is 17.4 Å². The topological polar surface area (TPSA) is 46.2 Å². The summed E-state index contributed by atoms with van der Waals surface area (Å²) in [4.78, 5) is 0. The molecule has 33 heavy (non-hydrogen) atoms. The average molecular weight is 480 g/mol. The molecule has 0 atom stereocenters. The summed E-state index contributed by atoms with van der Waals surface area (Å²) in [5.74, 6) is -3.27. The number of benzene rings is 1. The van der Waals surface area contributed by atoms with Crippen LogP contribution in [-0.4, -0.2) is 45.5 Å². The maximum absolute atomic E-state index is 14.1. The molecule has 2 aliphatic heterocycles. The van der Waals surface area contributed by atoms with Crippen LogP contribution in [0.1, 0.15) is 44.5 Å². The third kappa shape index (κ3) is 8.20. The first-order valence-corrected chi connectivity index (χ1v) is 11.1. The molecule has 2 saturated heterocycles. The number of unbranched alkanes of at least 4 members (excludes halogenated alkanes) is 1. The lowest BCUT2D eigenvalue weighted by Crippen LogP contribution is -2.33. The van der Waals surface area contributed by atoms with Crippen molar-refractivity contribution in [2.45, 2.75) is 51.4 Å². The van der Waals surface area contributed by atoms with Gasteiger partial charge in [-0.25, -0.2) is 8.78 Å². The first kappa shape index (κ1) is 25.9. The molecule has 0 N–H and O–H groups in total. The number of alkyl halides is 3. The molecule has 0 aromatic heterocycles. The predicted molar refractivity (Wildman–Crippen MR) is 109 cm³/mol. The highest BCUT2D eigenvalue weighted by molar-refractivity contribution is 5.32. The highest BCUT2D eigenvalue weighted by atomic mass is 19.4. The van der Waals surface area contributed by atoms with Crippen LogP contribution in [0.15, 0.2) is 24.3 Å². The minimum Gasteiger partial charge on any atom is -0.478 e. The molecule has 0 saturated carbocycles. The van der Waals surface area contributed by atoms with Crippen molar-refractivity contribution in [2.75, 3.05) is 33.0 Å². The Labute approximate surface area is 189 Å². The van der Waals surface area contributed by atoms with Gasteiger partial charge in [0.15, 0.2) is 36.6 Å². The second-order valence-electron chi connectivity index (χ2n) is 8.23. The van der Waals surface area contributed by atoms with Crippen molar-refractivity contribution < 1.29 is 45.6 Å². The fourth-order valence-electron chi connectivity index (χ4n) is 3.57. The highest BCUT2D eigenvalue weighted by Crippen LogP contribution is 2.32. The van der Waals surface area contributed by atoms with Crippen molar-refractivity contribution in [1.82, 2.24) is 0 Å². The molecule has 0 spiro atoms. The van der Waals surface area contributed by atoms with E-state index in [1.165, 1.54) is 0 Å². The molecule has 2 heterocycles. The summed E-state index contributed by atoms with van der Waals surface area (Å²) in [7, 11) is 0. The van der Waals surface area contributed by atoms with Gasteiger partial charge in [0.25, 0.3) is 0 Å². The lowest BCUT2D eigenvalue weighted by atomic mass is 10.0. The molecule has 10 heteroatoms. The second kappa shape index (κ2) is 12.1. The minimum atomic E-state index is -4.71. The molecular weight excluding hydrogens is 451 g/mol. The normalized spacial score (nSPS) is 26.6. The maximum atomic E-state index is 14.1. The summed E-state index contributed by atoms with van der Waals surface area (Å²) in [5.41, 5.74) is 0.0314. The Bertz CT molecular complexity index is 746. The second-order valence-corrected chi connectivity index (χ2v) is 8.23. The van der Waals surface area contributed by atoms with Gasteiger partial charge >= 0.3 is 6.18 Å². The van der Waals surface area contributed by atoms with Gasteiger partial charge in [0.1, 0.15) is 0 Å². The highest BCUT2D eigenvalue weighted by Gasteiger charge is 2.31. The Hall–Kier alpha value is -1.75. The zero-order valence-electron chi connectivity index (χ0n) is 18.4. The molecule has 2 aliphatic rings. The summed E-state index contributed by atoms with van der Waals surface area (Å²) in [6.45, 7) is 2.17. The lowest BCUT2D eigenvalue weighted by Gasteiger charge is -2.32. The van der Waals surface area contributed by atoms with Gasteiger partial charge in [-0.15, -0.1) is 0 Å². The molecular formula is C23H29F5O5. The Balaban J connectivity index is 1.41. The molecule has 0 bridgehead atoms. The monoisotopic (exact) mass is 480 g/mol. The van der Waals surface area contributed by atoms with E-state index in [1.807, 2.05) is 0 Å². The van der Waals surface area contributed by atoms with Crippen LogP contribution in [0.25, 0.3) is 0 Å². The van der Waals surface area contributed by atoms with E-state index >= 15 is 0 Å². The number of hydrogen-bond donors (Lipinski definition) is 0. The molecule has 2 fully saturated rings. The molecule has 0 radical (unpaired) electrons. The predicted octanol–water partition coefficient (Wildman–Crippen LogP) is 5.69. The smallest absolute Gasteiger partial charge is 0.422 e. The van der Waals surface area contributed by atoms with Gasteiger partial charge in [-0.3, -0.25) is 0 Å². The Morgan fingerprint density at radius 1 is 0.970 bits per heavy atom. The zero-order valence-corrected chi connectivity index (χ0v) is 18.4. The molecule has 1 aromatic rings. The van der Waals surface area contributed by atoms with Crippen LogP contribution in [0.2, 0.25) is 0 Å². The van der Waals surface area contributed by atoms with Gasteiger partial charge in [0.2, 0.25) is 0 Å². The molecule has 3 rings (SSSR count). The summed E-state index contributed by atoms with van der Waals surface area (Å²) in [6, 6.07) is 1.71.